The monoisotopic (exact) mass is 438 g/mol. The quantitative estimate of drug-likeness (QED) is 0.536. The van der Waals surface area contributed by atoms with Gasteiger partial charge >= 0.3 is 0 Å². The number of carbonyl (C=O) groups is 1. The molecule has 2 N–H and O–H groups in total. The van der Waals surface area contributed by atoms with Gasteiger partial charge in [0.25, 0.3) is 0 Å². The second-order valence-corrected chi connectivity index (χ2v) is 7.36. The van der Waals surface area contributed by atoms with Crippen LogP contribution in [0, 0.1) is 0 Å². The van der Waals surface area contributed by atoms with Crippen LogP contribution < -0.4 is 10.6 Å². The Labute approximate surface area is 173 Å². The number of amides is 1. The molecular weight excluding hydrogens is 416 g/mol. The molecule has 2 aromatic heterocycles. The second-order valence-electron chi connectivity index (χ2n) is 6.44. The summed E-state index contributed by atoms with van der Waals surface area (Å²) in [5.74, 6) is -0.0260. The van der Waals surface area contributed by atoms with Crippen molar-refractivity contribution in [2.45, 2.75) is 18.9 Å². The first kappa shape index (κ1) is 20.2. The van der Waals surface area contributed by atoms with E-state index < -0.39 is 6.04 Å². The molecule has 1 unspecified atom stereocenters. The van der Waals surface area contributed by atoms with E-state index in [0.717, 1.165) is 28.4 Å². The minimum Gasteiger partial charge on any atom is -0.354 e. The third kappa shape index (κ3) is 6.25. The highest BCUT2D eigenvalue weighted by molar-refractivity contribution is 9.10. The lowest BCUT2D eigenvalue weighted by Crippen LogP contribution is -2.39. The first-order valence-electron chi connectivity index (χ1n) is 9.27. The normalized spacial score (nSPS) is 11.8. The van der Waals surface area contributed by atoms with E-state index in [0.29, 0.717) is 13.1 Å². The van der Waals surface area contributed by atoms with Crippen LogP contribution in [0.15, 0.2) is 77.8 Å². The van der Waals surface area contributed by atoms with Gasteiger partial charge in [0.2, 0.25) is 5.91 Å². The third-order valence-corrected chi connectivity index (χ3v) is 4.91. The van der Waals surface area contributed by atoms with Gasteiger partial charge in [-0.2, -0.15) is 0 Å². The zero-order valence-corrected chi connectivity index (χ0v) is 17.1. The molecule has 6 heteroatoms. The van der Waals surface area contributed by atoms with Gasteiger partial charge in [0.05, 0.1) is 0 Å². The van der Waals surface area contributed by atoms with Crippen LogP contribution in [0.5, 0.6) is 0 Å². The molecule has 1 atom stereocenters. The van der Waals surface area contributed by atoms with E-state index in [9.17, 15) is 4.79 Å². The Kier molecular flexibility index (Phi) is 7.70. The first-order chi connectivity index (χ1) is 13.7. The van der Waals surface area contributed by atoms with E-state index in [1.54, 1.807) is 24.8 Å². The van der Waals surface area contributed by atoms with Crippen LogP contribution >= 0.6 is 15.9 Å². The van der Waals surface area contributed by atoms with Crippen LogP contribution in [-0.4, -0.2) is 29.0 Å². The molecular formula is C22H23BrN4O. The van der Waals surface area contributed by atoms with Crippen molar-refractivity contribution in [3.05, 3.63) is 94.5 Å². The Bertz CT molecular complexity index is 874. The fraction of sp³-hybridized carbons (Fsp3) is 0.227. The van der Waals surface area contributed by atoms with E-state index in [-0.39, 0.29) is 5.91 Å². The van der Waals surface area contributed by atoms with Crippen molar-refractivity contribution in [1.29, 1.82) is 0 Å². The van der Waals surface area contributed by atoms with Crippen molar-refractivity contribution in [2.75, 3.05) is 13.1 Å². The molecule has 0 aliphatic heterocycles. The minimum atomic E-state index is -0.406. The maximum atomic E-state index is 12.9. The molecule has 28 heavy (non-hydrogen) atoms. The van der Waals surface area contributed by atoms with Gasteiger partial charge < -0.3 is 10.6 Å². The summed E-state index contributed by atoms with van der Waals surface area (Å²) < 4.78 is 0.954. The lowest BCUT2D eigenvalue weighted by molar-refractivity contribution is -0.123. The Morgan fingerprint density at radius 3 is 2.11 bits per heavy atom. The predicted molar refractivity (Wildman–Crippen MR) is 114 cm³/mol. The Balaban J connectivity index is 1.60. The highest BCUT2D eigenvalue weighted by atomic mass is 79.9. The van der Waals surface area contributed by atoms with Crippen molar-refractivity contribution >= 4 is 21.8 Å². The molecule has 0 radical (unpaired) electrons. The first-order valence-corrected chi connectivity index (χ1v) is 10.1. The summed E-state index contributed by atoms with van der Waals surface area (Å²) in [4.78, 5) is 20.9. The minimum absolute atomic E-state index is 0.0260. The molecule has 3 rings (SSSR count). The molecule has 144 valence electrons. The molecule has 0 aliphatic rings. The Morgan fingerprint density at radius 1 is 0.893 bits per heavy atom. The van der Waals surface area contributed by atoms with Crippen molar-refractivity contribution < 1.29 is 4.79 Å². The molecule has 0 fully saturated rings. The summed E-state index contributed by atoms with van der Waals surface area (Å²) in [7, 11) is 0. The molecule has 0 bridgehead atoms. The van der Waals surface area contributed by atoms with Crippen molar-refractivity contribution in [2.24, 2.45) is 0 Å². The van der Waals surface area contributed by atoms with Crippen molar-refractivity contribution in [1.82, 2.24) is 20.6 Å². The smallest absolute Gasteiger partial charge is 0.241 e. The zero-order chi connectivity index (χ0) is 19.6. The lowest BCUT2D eigenvalue weighted by atomic mass is 10.1. The summed E-state index contributed by atoms with van der Waals surface area (Å²) in [6.07, 6.45) is 8.71. The number of hydrogen-bond acceptors (Lipinski definition) is 4. The van der Waals surface area contributed by atoms with Gasteiger partial charge in [-0.15, -0.1) is 0 Å². The van der Waals surface area contributed by atoms with Gasteiger partial charge in [-0.3, -0.25) is 14.8 Å². The van der Waals surface area contributed by atoms with E-state index in [1.165, 1.54) is 5.56 Å². The lowest BCUT2D eigenvalue weighted by Gasteiger charge is -2.19. The Morgan fingerprint density at radius 2 is 1.50 bits per heavy atom. The SMILES string of the molecule is O=C(NCCc1ccncc1)C(NCCc1ccncc1)c1cccc(Br)c1. The predicted octanol–water partition coefficient (Wildman–Crippen LogP) is 3.47. The molecule has 0 aliphatic carbocycles. The van der Waals surface area contributed by atoms with E-state index >= 15 is 0 Å². The molecule has 0 saturated carbocycles. The van der Waals surface area contributed by atoms with Crippen LogP contribution in [0.3, 0.4) is 0 Å². The Hall–Kier alpha value is -2.57. The maximum Gasteiger partial charge on any atom is 0.241 e. The molecule has 0 spiro atoms. The van der Waals surface area contributed by atoms with Gasteiger partial charge in [0.1, 0.15) is 6.04 Å². The standard InChI is InChI=1S/C22H23BrN4O/c23-20-3-1-2-19(16-20)21(26-14-8-17-4-10-24-11-5-17)22(28)27-15-9-18-6-12-25-13-7-18/h1-7,10-13,16,21,26H,8-9,14-15H2,(H,27,28). The van der Waals surface area contributed by atoms with E-state index in [1.807, 2.05) is 48.5 Å². The third-order valence-electron chi connectivity index (χ3n) is 4.42. The topological polar surface area (TPSA) is 66.9 Å². The molecule has 1 aromatic carbocycles. The van der Waals surface area contributed by atoms with Gasteiger partial charge in [0.15, 0.2) is 0 Å². The highest BCUT2D eigenvalue weighted by Gasteiger charge is 2.19. The largest absolute Gasteiger partial charge is 0.354 e. The number of halogens is 1. The molecule has 1 amide bonds. The van der Waals surface area contributed by atoms with Gasteiger partial charge in [-0.1, -0.05) is 28.1 Å². The van der Waals surface area contributed by atoms with Crippen LogP contribution in [0.4, 0.5) is 0 Å². The number of nitrogens with one attached hydrogen (secondary N) is 2. The average Bonchev–Trinajstić information content (AvgIpc) is 2.72. The van der Waals surface area contributed by atoms with E-state index in [4.69, 9.17) is 0 Å². The molecule has 5 nitrogen and oxygen atoms in total. The number of pyridine rings is 2. The summed E-state index contributed by atoms with van der Waals surface area (Å²) >= 11 is 3.50. The van der Waals surface area contributed by atoms with Gasteiger partial charge in [-0.05, 0) is 65.9 Å². The number of carbonyl (C=O) groups excluding carboxylic acids is 1. The number of rotatable bonds is 9. The second kappa shape index (κ2) is 10.7. The van der Waals surface area contributed by atoms with Crippen LogP contribution in [0.25, 0.3) is 0 Å². The number of nitrogens with zero attached hydrogens (tertiary/aromatic N) is 2. The highest BCUT2D eigenvalue weighted by Crippen LogP contribution is 2.19. The van der Waals surface area contributed by atoms with Crippen molar-refractivity contribution in [3.63, 3.8) is 0 Å². The van der Waals surface area contributed by atoms with Crippen LogP contribution in [-0.2, 0) is 17.6 Å². The maximum absolute atomic E-state index is 12.9. The molecule has 0 saturated heterocycles. The van der Waals surface area contributed by atoms with Gasteiger partial charge in [0, 0.05) is 42.3 Å². The van der Waals surface area contributed by atoms with Crippen LogP contribution in [0.2, 0.25) is 0 Å². The van der Waals surface area contributed by atoms with Crippen LogP contribution in [0.1, 0.15) is 22.7 Å². The average molecular weight is 439 g/mol. The summed E-state index contributed by atoms with van der Waals surface area (Å²) in [6.45, 7) is 1.28. The summed E-state index contributed by atoms with van der Waals surface area (Å²) in [6, 6.07) is 15.4. The van der Waals surface area contributed by atoms with Crippen molar-refractivity contribution in [3.8, 4) is 0 Å². The zero-order valence-electron chi connectivity index (χ0n) is 15.5. The van der Waals surface area contributed by atoms with Gasteiger partial charge in [-0.25, -0.2) is 0 Å². The summed E-state index contributed by atoms with van der Waals surface area (Å²) in [5, 5.41) is 6.45. The molecule has 3 aromatic rings. The summed E-state index contributed by atoms with van der Waals surface area (Å²) in [5.41, 5.74) is 3.28. The fourth-order valence-corrected chi connectivity index (χ4v) is 3.36. The number of benzene rings is 1. The number of aromatic nitrogens is 2. The van der Waals surface area contributed by atoms with E-state index in [2.05, 4.69) is 36.5 Å². The molecule has 2 heterocycles. The fourth-order valence-electron chi connectivity index (χ4n) is 2.94. The number of hydrogen-bond donors (Lipinski definition) is 2.